The SMILES string of the molecule is COCCCNC(=O)CN1CCN(C(=O)c2ccc(NC(=O)C3CC3)cc2)CC1. The van der Waals surface area contributed by atoms with Crippen LogP contribution in [-0.4, -0.2) is 80.5 Å². The maximum absolute atomic E-state index is 12.7. The Morgan fingerprint density at radius 1 is 1.07 bits per heavy atom. The van der Waals surface area contributed by atoms with Gasteiger partial charge in [0.15, 0.2) is 0 Å². The molecule has 0 bridgehead atoms. The molecule has 8 heteroatoms. The first kappa shape index (κ1) is 21.3. The lowest BCUT2D eigenvalue weighted by Gasteiger charge is -2.34. The predicted molar refractivity (Wildman–Crippen MR) is 110 cm³/mol. The first-order valence-corrected chi connectivity index (χ1v) is 10.2. The Bertz CT molecular complexity index is 710. The zero-order valence-electron chi connectivity index (χ0n) is 17.0. The number of benzene rings is 1. The Balaban J connectivity index is 1.40. The van der Waals surface area contributed by atoms with Gasteiger partial charge in [0.1, 0.15) is 0 Å². The van der Waals surface area contributed by atoms with Gasteiger partial charge in [-0.15, -0.1) is 0 Å². The maximum Gasteiger partial charge on any atom is 0.253 e. The third-order valence-electron chi connectivity index (χ3n) is 5.22. The van der Waals surface area contributed by atoms with E-state index in [1.165, 1.54) is 0 Å². The second-order valence-electron chi connectivity index (χ2n) is 7.61. The molecule has 0 radical (unpaired) electrons. The first-order valence-electron chi connectivity index (χ1n) is 10.2. The average molecular weight is 402 g/mol. The van der Waals surface area contributed by atoms with Gasteiger partial charge in [-0.3, -0.25) is 19.3 Å². The van der Waals surface area contributed by atoms with Gasteiger partial charge in [0.05, 0.1) is 6.54 Å². The molecule has 1 aromatic rings. The number of hydrogen-bond donors (Lipinski definition) is 2. The van der Waals surface area contributed by atoms with Gasteiger partial charge >= 0.3 is 0 Å². The molecule has 158 valence electrons. The molecule has 0 unspecified atom stereocenters. The van der Waals surface area contributed by atoms with Crippen molar-refractivity contribution in [3.63, 3.8) is 0 Å². The zero-order valence-corrected chi connectivity index (χ0v) is 17.0. The van der Waals surface area contributed by atoms with Crippen molar-refractivity contribution in [3.8, 4) is 0 Å². The monoisotopic (exact) mass is 402 g/mol. The van der Waals surface area contributed by atoms with Gasteiger partial charge in [-0.1, -0.05) is 0 Å². The van der Waals surface area contributed by atoms with Crippen LogP contribution in [0.3, 0.4) is 0 Å². The zero-order chi connectivity index (χ0) is 20.6. The lowest BCUT2D eigenvalue weighted by molar-refractivity contribution is -0.122. The van der Waals surface area contributed by atoms with E-state index in [1.54, 1.807) is 31.4 Å². The van der Waals surface area contributed by atoms with Gasteiger partial charge in [-0.25, -0.2) is 0 Å². The van der Waals surface area contributed by atoms with Gasteiger partial charge in [0, 0.05) is 63.6 Å². The lowest BCUT2D eigenvalue weighted by atomic mass is 10.1. The Morgan fingerprint density at radius 2 is 1.76 bits per heavy atom. The highest BCUT2D eigenvalue weighted by molar-refractivity contribution is 5.96. The van der Waals surface area contributed by atoms with Crippen molar-refractivity contribution in [2.75, 3.05) is 58.3 Å². The van der Waals surface area contributed by atoms with Crippen molar-refractivity contribution in [1.29, 1.82) is 0 Å². The summed E-state index contributed by atoms with van der Waals surface area (Å²) in [6.45, 7) is 4.13. The van der Waals surface area contributed by atoms with E-state index in [4.69, 9.17) is 4.74 Å². The van der Waals surface area contributed by atoms with Crippen molar-refractivity contribution in [2.24, 2.45) is 5.92 Å². The first-order chi connectivity index (χ1) is 14.1. The minimum atomic E-state index is -0.0197. The summed E-state index contributed by atoms with van der Waals surface area (Å²) < 4.78 is 4.96. The van der Waals surface area contributed by atoms with E-state index in [9.17, 15) is 14.4 Å². The number of ether oxygens (including phenoxy) is 1. The van der Waals surface area contributed by atoms with Crippen LogP contribution in [0.5, 0.6) is 0 Å². The molecule has 8 nitrogen and oxygen atoms in total. The van der Waals surface area contributed by atoms with E-state index in [0.717, 1.165) is 24.9 Å². The van der Waals surface area contributed by atoms with Gasteiger partial charge in [-0.05, 0) is 43.5 Å². The van der Waals surface area contributed by atoms with Crippen LogP contribution in [0, 0.1) is 5.92 Å². The fourth-order valence-electron chi connectivity index (χ4n) is 3.28. The number of nitrogens with one attached hydrogen (secondary N) is 2. The second kappa shape index (κ2) is 10.4. The van der Waals surface area contributed by atoms with Gasteiger partial charge in [0.25, 0.3) is 5.91 Å². The van der Waals surface area contributed by atoms with Crippen molar-refractivity contribution < 1.29 is 19.1 Å². The van der Waals surface area contributed by atoms with E-state index in [1.807, 2.05) is 4.90 Å². The number of rotatable bonds is 9. The molecule has 29 heavy (non-hydrogen) atoms. The molecule has 1 aliphatic carbocycles. The largest absolute Gasteiger partial charge is 0.385 e. The molecule has 1 aromatic carbocycles. The van der Waals surface area contributed by atoms with Crippen LogP contribution in [0.1, 0.15) is 29.6 Å². The van der Waals surface area contributed by atoms with Crippen LogP contribution in [0.2, 0.25) is 0 Å². The summed E-state index contributed by atoms with van der Waals surface area (Å²) in [7, 11) is 1.64. The molecule has 0 aromatic heterocycles. The fraction of sp³-hybridized carbons (Fsp3) is 0.571. The standard InChI is InChI=1S/C21H30N4O4/c1-29-14-2-9-22-19(26)15-24-10-12-25(13-11-24)21(28)17-5-7-18(8-6-17)23-20(27)16-3-4-16/h5-8,16H,2-4,9-15H2,1H3,(H,22,26)(H,23,27). The highest BCUT2D eigenvalue weighted by Crippen LogP contribution is 2.30. The van der Waals surface area contributed by atoms with E-state index in [2.05, 4.69) is 15.5 Å². The molecule has 2 N–H and O–H groups in total. The second-order valence-corrected chi connectivity index (χ2v) is 7.61. The molecule has 0 spiro atoms. The predicted octanol–water partition coefficient (Wildman–Crippen LogP) is 0.946. The number of nitrogens with zero attached hydrogens (tertiary/aromatic N) is 2. The summed E-state index contributed by atoms with van der Waals surface area (Å²) in [5.41, 5.74) is 1.33. The number of carbonyl (C=O) groups excluding carboxylic acids is 3. The van der Waals surface area contributed by atoms with E-state index in [-0.39, 0.29) is 23.6 Å². The van der Waals surface area contributed by atoms with Crippen LogP contribution >= 0.6 is 0 Å². The number of hydrogen-bond acceptors (Lipinski definition) is 5. The fourth-order valence-corrected chi connectivity index (χ4v) is 3.28. The molecule has 1 saturated heterocycles. The minimum Gasteiger partial charge on any atom is -0.385 e. The smallest absolute Gasteiger partial charge is 0.253 e. The van der Waals surface area contributed by atoms with E-state index >= 15 is 0 Å². The van der Waals surface area contributed by atoms with Crippen molar-refractivity contribution in [3.05, 3.63) is 29.8 Å². The van der Waals surface area contributed by atoms with Crippen molar-refractivity contribution in [2.45, 2.75) is 19.3 Å². The number of piperazine rings is 1. The molecule has 0 atom stereocenters. The summed E-state index contributed by atoms with van der Waals surface area (Å²) in [6, 6.07) is 7.06. The van der Waals surface area contributed by atoms with Crippen LogP contribution < -0.4 is 10.6 Å². The Kier molecular flexibility index (Phi) is 7.60. The molecule has 2 fully saturated rings. The molecule has 3 rings (SSSR count). The Labute approximate surface area is 171 Å². The van der Waals surface area contributed by atoms with Gasteiger partial charge in [0.2, 0.25) is 11.8 Å². The van der Waals surface area contributed by atoms with Crippen LogP contribution in [-0.2, 0) is 14.3 Å². The molecule has 2 aliphatic rings. The molecule has 1 heterocycles. The molecule has 1 aliphatic heterocycles. The summed E-state index contributed by atoms with van der Waals surface area (Å²) in [4.78, 5) is 40.4. The normalized spacial score (nSPS) is 17.1. The number of amides is 3. The van der Waals surface area contributed by atoms with Crippen molar-refractivity contribution in [1.82, 2.24) is 15.1 Å². The van der Waals surface area contributed by atoms with Crippen molar-refractivity contribution >= 4 is 23.4 Å². The molecule has 1 saturated carbocycles. The maximum atomic E-state index is 12.7. The van der Waals surface area contributed by atoms with E-state index < -0.39 is 0 Å². The van der Waals surface area contributed by atoms with Gasteiger partial charge < -0.3 is 20.3 Å². The molecular weight excluding hydrogens is 372 g/mol. The van der Waals surface area contributed by atoms with E-state index in [0.29, 0.717) is 51.4 Å². The highest BCUT2D eigenvalue weighted by Gasteiger charge is 2.29. The summed E-state index contributed by atoms with van der Waals surface area (Å²) in [6.07, 6.45) is 2.72. The average Bonchev–Trinajstić information content (AvgIpc) is 3.57. The third kappa shape index (κ3) is 6.54. The number of carbonyl (C=O) groups is 3. The van der Waals surface area contributed by atoms with Crippen LogP contribution in [0.15, 0.2) is 24.3 Å². The number of anilines is 1. The lowest BCUT2D eigenvalue weighted by Crippen LogP contribution is -2.51. The van der Waals surface area contributed by atoms with Gasteiger partial charge in [-0.2, -0.15) is 0 Å². The topological polar surface area (TPSA) is 91.0 Å². The Hall–Kier alpha value is -2.45. The highest BCUT2D eigenvalue weighted by atomic mass is 16.5. The van der Waals surface area contributed by atoms with Crippen LogP contribution in [0.4, 0.5) is 5.69 Å². The number of methoxy groups -OCH3 is 1. The summed E-state index contributed by atoms with van der Waals surface area (Å²) >= 11 is 0. The quantitative estimate of drug-likeness (QED) is 0.600. The van der Waals surface area contributed by atoms with Crippen LogP contribution in [0.25, 0.3) is 0 Å². The summed E-state index contributed by atoms with van der Waals surface area (Å²) in [5.74, 6) is 0.196. The summed E-state index contributed by atoms with van der Waals surface area (Å²) in [5, 5.41) is 5.76. The Morgan fingerprint density at radius 3 is 2.38 bits per heavy atom. The third-order valence-corrected chi connectivity index (χ3v) is 5.22. The minimum absolute atomic E-state index is 0.00436. The molecular formula is C21H30N4O4. The molecule has 3 amide bonds.